The van der Waals surface area contributed by atoms with E-state index < -0.39 is 6.43 Å². The number of aromatic nitrogens is 2. The molecule has 1 aliphatic rings. The Hall–Kier alpha value is -1.75. The second kappa shape index (κ2) is 12.8. The van der Waals surface area contributed by atoms with Gasteiger partial charge in [0.15, 0.2) is 5.96 Å². The Bertz CT molecular complexity index is 760. The number of benzene rings is 1. The van der Waals surface area contributed by atoms with E-state index >= 15 is 0 Å². The van der Waals surface area contributed by atoms with Crippen LogP contribution in [-0.4, -0.2) is 59.1 Å². The summed E-state index contributed by atoms with van der Waals surface area (Å²) in [6, 6.07) is 10.5. The predicted octanol–water partition coefficient (Wildman–Crippen LogP) is 3.33. The quantitative estimate of drug-likeness (QED) is 0.311. The highest BCUT2D eigenvalue weighted by molar-refractivity contribution is 14.0. The van der Waals surface area contributed by atoms with Gasteiger partial charge in [-0.05, 0) is 25.3 Å². The molecular weight excluding hydrogens is 501 g/mol. The maximum absolute atomic E-state index is 12.5. The fourth-order valence-electron chi connectivity index (χ4n) is 3.53. The van der Waals surface area contributed by atoms with Gasteiger partial charge in [0.05, 0.1) is 6.54 Å². The maximum Gasteiger partial charge on any atom is 0.251 e. The zero-order valence-electron chi connectivity index (χ0n) is 17.3. The third-order valence-electron chi connectivity index (χ3n) is 5.04. The monoisotopic (exact) mass is 532 g/mol. The summed E-state index contributed by atoms with van der Waals surface area (Å²) in [5, 5.41) is 6.72. The van der Waals surface area contributed by atoms with Crippen LogP contribution in [0.3, 0.4) is 0 Å². The standard InChI is InChI=1S/C21H30F2N6.HI/c1-2-24-21(27-18-8-11-28(12-9-18)16-19(22)23)26-14-20-25-10-13-29(20)15-17-6-4-3-5-7-17;/h3-7,10,13,18-19H,2,8-9,11-12,14-16H2,1H3,(H2,24,26,27);1H. The van der Waals surface area contributed by atoms with Crippen molar-refractivity contribution in [3.05, 3.63) is 54.1 Å². The largest absolute Gasteiger partial charge is 0.357 e. The SMILES string of the molecule is CCNC(=NCc1nccn1Cc1ccccc1)NC1CCN(CC(F)F)CC1.I. The molecule has 0 unspecified atom stereocenters. The highest BCUT2D eigenvalue weighted by Crippen LogP contribution is 2.12. The highest BCUT2D eigenvalue weighted by Gasteiger charge is 2.22. The topological polar surface area (TPSA) is 57.5 Å². The van der Waals surface area contributed by atoms with E-state index in [1.165, 1.54) is 5.56 Å². The summed E-state index contributed by atoms with van der Waals surface area (Å²) >= 11 is 0. The number of nitrogens with one attached hydrogen (secondary N) is 2. The molecule has 1 saturated heterocycles. The molecule has 0 bridgehead atoms. The Balaban J connectivity index is 0.00000320. The molecule has 0 aliphatic carbocycles. The van der Waals surface area contributed by atoms with Crippen molar-refractivity contribution in [3.8, 4) is 0 Å². The molecule has 2 N–H and O–H groups in total. The summed E-state index contributed by atoms with van der Waals surface area (Å²) in [5.41, 5.74) is 1.22. The lowest BCUT2D eigenvalue weighted by molar-refractivity contribution is 0.0744. The molecule has 0 radical (unpaired) electrons. The fraction of sp³-hybridized carbons (Fsp3) is 0.524. The van der Waals surface area contributed by atoms with Crippen LogP contribution in [-0.2, 0) is 13.1 Å². The first kappa shape index (κ1) is 24.5. The second-order valence-electron chi connectivity index (χ2n) is 7.26. The van der Waals surface area contributed by atoms with Crippen molar-refractivity contribution in [3.63, 3.8) is 0 Å². The van der Waals surface area contributed by atoms with Crippen molar-refractivity contribution in [2.45, 2.75) is 45.3 Å². The minimum Gasteiger partial charge on any atom is -0.357 e. The van der Waals surface area contributed by atoms with Crippen LogP contribution >= 0.6 is 24.0 Å². The Morgan fingerprint density at radius 1 is 1.23 bits per heavy atom. The van der Waals surface area contributed by atoms with Crippen LogP contribution in [0.1, 0.15) is 31.2 Å². The van der Waals surface area contributed by atoms with Gasteiger partial charge in [0.2, 0.25) is 0 Å². The van der Waals surface area contributed by atoms with E-state index in [4.69, 9.17) is 4.99 Å². The molecule has 1 aromatic heterocycles. The van der Waals surface area contributed by atoms with Crippen LogP contribution in [0.2, 0.25) is 0 Å². The minimum atomic E-state index is -2.27. The lowest BCUT2D eigenvalue weighted by atomic mass is 10.1. The van der Waals surface area contributed by atoms with Gasteiger partial charge in [0.25, 0.3) is 6.43 Å². The first-order chi connectivity index (χ1) is 14.1. The number of nitrogens with zero attached hydrogens (tertiary/aromatic N) is 4. The number of guanidine groups is 1. The molecule has 6 nitrogen and oxygen atoms in total. The molecule has 9 heteroatoms. The first-order valence-electron chi connectivity index (χ1n) is 10.2. The Morgan fingerprint density at radius 3 is 2.63 bits per heavy atom. The molecule has 1 fully saturated rings. The van der Waals surface area contributed by atoms with Gasteiger partial charge in [-0.15, -0.1) is 24.0 Å². The van der Waals surface area contributed by atoms with Gasteiger partial charge < -0.3 is 15.2 Å². The van der Waals surface area contributed by atoms with Crippen LogP contribution in [0.4, 0.5) is 8.78 Å². The van der Waals surface area contributed by atoms with Crippen molar-refractivity contribution in [1.82, 2.24) is 25.1 Å². The smallest absolute Gasteiger partial charge is 0.251 e. The average molecular weight is 532 g/mol. The average Bonchev–Trinajstić information content (AvgIpc) is 3.15. The number of likely N-dealkylation sites (tertiary alicyclic amines) is 1. The predicted molar refractivity (Wildman–Crippen MR) is 127 cm³/mol. The lowest BCUT2D eigenvalue weighted by Gasteiger charge is -2.32. The lowest BCUT2D eigenvalue weighted by Crippen LogP contribution is -2.49. The number of alkyl halides is 2. The van der Waals surface area contributed by atoms with Crippen molar-refractivity contribution >= 4 is 29.9 Å². The van der Waals surface area contributed by atoms with E-state index in [1.807, 2.05) is 36.2 Å². The number of imidazole rings is 1. The number of hydrogen-bond acceptors (Lipinski definition) is 3. The van der Waals surface area contributed by atoms with Gasteiger partial charge >= 0.3 is 0 Å². The maximum atomic E-state index is 12.5. The Labute approximate surface area is 194 Å². The number of hydrogen-bond donors (Lipinski definition) is 2. The van der Waals surface area contributed by atoms with E-state index in [1.54, 1.807) is 6.20 Å². The van der Waals surface area contributed by atoms with Crippen molar-refractivity contribution in [2.75, 3.05) is 26.2 Å². The summed E-state index contributed by atoms with van der Waals surface area (Å²) in [7, 11) is 0. The van der Waals surface area contributed by atoms with Crippen molar-refractivity contribution in [2.24, 2.45) is 4.99 Å². The van der Waals surface area contributed by atoms with E-state index in [2.05, 4.69) is 32.3 Å². The van der Waals surface area contributed by atoms with Gasteiger partial charge in [0.1, 0.15) is 12.4 Å². The van der Waals surface area contributed by atoms with Gasteiger partial charge in [-0.25, -0.2) is 18.8 Å². The zero-order valence-corrected chi connectivity index (χ0v) is 19.6. The Kier molecular flexibility index (Phi) is 10.5. The number of aliphatic imine (C=N–C) groups is 1. The van der Waals surface area contributed by atoms with E-state index in [-0.39, 0.29) is 36.6 Å². The summed E-state index contributed by atoms with van der Waals surface area (Å²) in [5.74, 6) is 1.65. The second-order valence-corrected chi connectivity index (χ2v) is 7.26. The van der Waals surface area contributed by atoms with Gasteiger partial charge in [0, 0.05) is 44.6 Å². The first-order valence-corrected chi connectivity index (χ1v) is 10.2. The summed E-state index contributed by atoms with van der Waals surface area (Å²) in [4.78, 5) is 11.0. The minimum absolute atomic E-state index is 0. The van der Waals surface area contributed by atoms with Crippen LogP contribution in [0.5, 0.6) is 0 Å². The molecular formula is C21H31F2IN6. The van der Waals surface area contributed by atoms with Crippen LogP contribution in [0.15, 0.2) is 47.7 Å². The van der Waals surface area contributed by atoms with E-state index in [0.29, 0.717) is 19.6 Å². The molecule has 3 rings (SSSR count). The van der Waals surface area contributed by atoms with E-state index in [9.17, 15) is 8.78 Å². The van der Waals surface area contributed by atoms with E-state index in [0.717, 1.165) is 37.7 Å². The summed E-state index contributed by atoms with van der Waals surface area (Å²) < 4.78 is 27.2. The molecule has 0 amide bonds. The molecule has 30 heavy (non-hydrogen) atoms. The summed E-state index contributed by atoms with van der Waals surface area (Å²) in [6.45, 7) is 5.25. The van der Waals surface area contributed by atoms with Gasteiger partial charge in [-0.3, -0.25) is 4.90 Å². The van der Waals surface area contributed by atoms with Gasteiger partial charge in [-0.1, -0.05) is 30.3 Å². The van der Waals surface area contributed by atoms with Crippen LogP contribution in [0.25, 0.3) is 0 Å². The fourth-order valence-corrected chi connectivity index (χ4v) is 3.53. The third-order valence-corrected chi connectivity index (χ3v) is 5.04. The molecule has 0 spiro atoms. The van der Waals surface area contributed by atoms with Crippen LogP contribution < -0.4 is 10.6 Å². The summed E-state index contributed by atoms with van der Waals surface area (Å²) in [6.07, 6.45) is 3.17. The number of halogens is 3. The van der Waals surface area contributed by atoms with Crippen LogP contribution in [0, 0.1) is 0 Å². The highest BCUT2D eigenvalue weighted by atomic mass is 127. The van der Waals surface area contributed by atoms with Crippen molar-refractivity contribution < 1.29 is 8.78 Å². The van der Waals surface area contributed by atoms with Gasteiger partial charge in [-0.2, -0.15) is 0 Å². The molecule has 166 valence electrons. The molecule has 1 aliphatic heterocycles. The Morgan fingerprint density at radius 2 is 1.97 bits per heavy atom. The van der Waals surface area contributed by atoms with Crippen molar-refractivity contribution in [1.29, 1.82) is 0 Å². The number of piperidine rings is 1. The molecule has 1 aromatic carbocycles. The normalized spacial score (nSPS) is 15.8. The molecule has 2 aromatic rings. The number of rotatable bonds is 8. The third kappa shape index (κ3) is 7.82. The molecule has 0 atom stereocenters. The molecule has 2 heterocycles. The molecule has 0 saturated carbocycles. The zero-order chi connectivity index (χ0) is 20.5.